The summed E-state index contributed by atoms with van der Waals surface area (Å²) in [6.07, 6.45) is 3.50. The predicted molar refractivity (Wildman–Crippen MR) is 46.7 cm³/mol. The average Bonchev–Trinajstić information content (AvgIpc) is 2.64. The van der Waals surface area contributed by atoms with Crippen molar-refractivity contribution in [2.75, 3.05) is 6.54 Å². The highest BCUT2D eigenvalue weighted by atomic mass is 16.1. The van der Waals surface area contributed by atoms with Crippen LogP contribution in [0.1, 0.15) is 26.2 Å². The van der Waals surface area contributed by atoms with Gasteiger partial charge in [0.2, 0.25) is 5.91 Å². The maximum Gasteiger partial charge on any atom is 0.224 e. The highest BCUT2D eigenvalue weighted by molar-refractivity contribution is 5.80. The molecule has 68 valence electrons. The van der Waals surface area contributed by atoms with Crippen LogP contribution in [0.2, 0.25) is 0 Å². The van der Waals surface area contributed by atoms with Crippen molar-refractivity contribution in [3.05, 3.63) is 0 Å². The van der Waals surface area contributed by atoms with Crippen molar-refractivity contribution in [3.63, 3.8) is 0 Å². The third-order valence-electron chi connectivity index (χ3n) is 2.99. The van der Waals surface area contributed by atoms with Gasteiger partial charge in [-0.15, -0.1) is 0 Å². The Labute approximate surface area is 72.9 Å². The summed E-state index contributed by atoms with van der Waals surface area (Å²) in [5.74, 6) is 0.501. The Bertz CT molecular complexity index is 193. The van der Waals surface area contributed by atoms with Gasteiger partial charge in [0.25, 0.3) is 0 Å². The van der Waals surface area contributed by atoms with Gasteiger partial charge in [0, 0.05) is 18.6 Å². The number of amides is 1. The Kier molecular flexibility index (Phi) is 2.05. The summed E-state index contributed by atoms with van der Waals surface area (Å²) >= 11 is 0. The van der Waals surface area contributed by atoms with Crippen LogP contribution in [0.15, 0.2) is 0 Å². The molecule has 0 aromatic rings. The normalized spacial score (nSPS) is 38.6. The van der Waals surface area contributed by atoms with Gasteiger partial charge < -0.3 is 10.6 Å². The Balaban J connectivity index is 1.93. The van der Waals surface area contributed by atoms with Crippen molar-refractivity contribution in [3.8, 4) is 0 Å². The Morgan fingerprint density at radius 3 is 2.92 bits per heavy atom. The highest BCUT2D eigenvalue weighted by Gasteiger charge is 2.42. The first kappa shape index (κ1) is 8.05. The van der Waals surface area contributed by atoms with E-state index in [1.165, 1.54) is 12.8 Å². The van der Waals surface area contributed by atoms with Gasteiger partial charge in [-0.25, -0.2) is 0 Å². The van der Waals surface area contributed by atoms with E-state index < -0.39 is 0 Å². The van der Waals surface area contributed by atoms with E-state index in [2.05, 4.69) is 10.6 Å². The van der Waals surface area contributed by atoms with Gasteiger partial charge in [-0.05, 0) is 26.2 Å². The van der Waals surface area contributed by atoms with Crippen LogP contribution in [0, 0.1) is 5.92 Å². The van der Waals surface area contributed by atoms with Crippen LogP contribution in [-0.4, -0.2) is 24.5 Å². The minimum atomic E-state index is 0.247. The molecule has 3 nitrogen and oxygen atoms in total. The van der Waals surface area contributed by atoms with E-state index in [4.69, 9.17) is 0 Å². The zero-order chi connectivity index (χ0) is 8.55. The quantitative estimate of drug-likeness (QED) is 0.621. The van der Waals surface area contributed by atoms with Gasteiger partial charge in [-0.2, -0.15) is 0 Å². The molecule has 0 radical (unpaired) electrons. The smallest absolute Gasteiger partial charge is 0.224 e. The maximum absolute atomic E-state index is 11.5. The van der Waals surface area contributed by atoms with Crippen LogP contribution >= 0.6 is 0 Å². The van der Waals surface area contributed by atoms with Crippen molar-refractivity contribution >= 4 is 5.91 Å². The first-order valence-corrected chi connectivity index (χ1v) is 4.85. The van der Waals surface area contributed by atoms with Crippen molar-refractivity contribution < 1.29 is 4.79 Å². The van der Waals surface area contributed by atoms with Gasteiger partial charge >= 0.3 is 0 Å². The third-order valence-corrected chi connectivity index (χ3v) is 2.99. The van der Waals surface area contributed by atoms with Gasteiger partial charge in [0.05, 0.1) is 5.92 Å². The molecule has 0 aromatic carbocycles. The summed E-state index contributed by atoms with van der Waals surface area (Å²) in [7, 11) is 0. The molecule has 0 unspecified atom stereocenters. The number of fused-ring (bicyclic) bond motifs is 2. The monoisotopic (exact) mass is 168 g/mol. The number of carbonyl (C=O) groups excluding carboxylic acids is 1. The fraction of sp³-hybridized carbons (Fsp3) is 0.889. The molecule has 2 fully saturated rings. The van der Waals surface area contributed by atoms with Gasteiger partial charge in [-0.3, -0.25) is 4.79 Å². The topological polar surface area (TPSA) is 41.1 Å². The molecule has 0 aliphatic carbocycles. The summed E-state index contributed by atoms with van der Waals surface area (Å²) in [6.45, 7) is 2.73. The second-order valence-corrected chi connectivity index (χ2v) is 3.78. The Hall–Kier alpha value is -0.570. The number of rotatable bonds is 2. The zero-order valence-corrected chi connectivity index (χ0v) is 7.47. The van der Waals surface area contributed by atoms with E-state index in [0.717, 1.165) is 13.0 Å². The van der Waals surface area contributed by atoms with Crippen LogP contribution in [0.25, 0.3) is 0 Å². The van der Waals surface area contributed by atoms with Crippen LogP contribution in [-0.2, 0) is 4.79 Å². The lowest BCUT2D eigenvalue weighted by molar-refractivity contribution is -0.125. The molecule has 0 saturated carbocycles. The fourth-order valence-electron chi connectivity index (χ4n) is 2.42. The second-order valence-electron chi connectivity index (χ2n) is 3.78. The Morgan fingerprint density at radius 2 is 2.42 bits per heavy atom. The molecule has 2 bridgehead atoms. The summed E-state index contributed by atoms with van der Waals surface area (Å²) in [5.41, 5.74) is 0. The van der Waals surface area contributed by atoms with Crippen LogP contribution in [0.3, 0.4) is 0 Å². The molecule has 2 aliphatic heterocycles. The summed E-state index contributed by atoms with van der Waals surface area (Å²) in [4.78, 5) is 11.5. The summed E-state index contributed by atoms with van der Waals surface area (Å²) in [5, 5.41) is 6.35. The lowest BCUT2D eigenvalue weighted by Crippen LogP contribution is -2.37. The number of hydrogen-bond donors (Lipinski definition) is 2. The molecule has 3 atom stereocenters. The van der Waals surface area contributed by atoms with E-state index in [1.54, 1.807) is 0 Å². The van der Waals surface area contributed by atoms with Crippen LogP contribution in [0.4, 0.5) is 0 Å². The number of hydrogen-bond acceptors (Lipinski definition) is 2. The molecule has 2 rings (SSSR count). The van der Waals surface area contributed by atoms with Crippen molar-refractivity contribution in [2.24, 2.45) is 5.92 Å². The van der Waals surface area contributed by atoms with E-state index in [9.17, 15) is 4.79 Å². The van der Waals surface area contributed by atoms with Gasteiger partial charge in [-0.1, -0.05) is 0 Å². The van der Waals surface area contributed by atoms with E-state index >= 15 is 0 Å². The molecule has 2 aliphatic rings. The molecule has 0 aromatic heterocycles. The first-order valence-electron chi connectivity index (χ1n) is 4.85. The zero-order valence-electron chi connectivity index (χ0n) is 7.47. The molecule has 3 heteroatoms. The number of nitrogens with one attached hydrogen (secondary N) is 2. The molecule has 1 amide bonds. The van der Waals surface area contributed by atoms with Crippen molar-refractivity contribution in [2.45, 2.75) is 38.3 Å². The van der Waals surface area contributed by atoms with Crippen LogP contribution < -0.4 is 10.6 Å². The van der Waals surface area contributed by atoms with Crippen molar-refractivity contribution in [1.29, 1.82) is 0 Å². The highest BCUT2D eigenvalue weighted by Crippen LogP contribution is 2.33. The SMILES string of the molecule is CCNC(=O)[C@H]1C[C@H]2CC[C@@H]1N2. The second kappa shape index (κ2) is 3.05. The predicted octanol–water partition coefficient (Wildman–Crippen LogP) is 0.263. The van der Waals surface area contributed by atoms with E-state index in [-0.39, 0.29) is 11.8 Å². The van der Waals surface area contributed by atoms with Crippen molar-refractivity contribution in [1.82, 2.24) is 10.6 Å². The third kappa shape index (κ3) is 1.22. The molecule has 2 heterocycles. The van der Waals surface area contributed by atoms with Gasteiger partial charge in [0.1, 0.15) is 0 Å². The largest absolute Gasteiger partial charge is 0.356 e. The molecular formula is C9H16N2O. The molecule has 12 heavy (non-hydrogen) atoms. The lowest BCUT2D eigenvalue weighted by atomic mass is 9.88. The molecular weight excluding hydrogens is 152 g/mol. The number of carbonyl (C=O) groups is 1. The van der Waals surface area contributed by atoms with Gasteiger partial charge in [0.15, 0.2) is 0 Å². The van der Waals surface area contributed by atoms with Crippen LogP contribution in [0.5, 0.6) is 0 Å². The summed E-state index contributed by atoms with van der Waals surface area (Å²) in [6, 6.07) is 1.10. The van der Waals surface area contributed by atoms with E-state index in [0.29, 0.717) is 12.1 Å². The minimum Gasteiger partial charge on any atom is -0.356 e. The average molecular weight is 168 g/mol. The lowest BCUT2D eigenvalue weighted by Gasteiger charge is -2.18. The Morgan fingerprint density at radius 1 is 1.58 bits per heavy atom. The molecule has 2 N–H and O–H groups in total. The summed E-state index contributed by atoms with van der Waals surface area (Å²) < 4.78 is 0. The fourth-order valence-corrected chi connectivity index (χ4v) is 2.42. The molecule has 2 saturated heterocycles. The molecule has 0 spiro atoms. The maximum atomic E-state index is 11.5. The standard InChI is InChI=1S/C9H16N2O/c1-2-10-9(12)7-5-6-3-4-8(7)11-6/h6-8,11H,2-5H2,1H3,(H,10,12)/t6-,7+,8+/m1/s1. The van der Waals surface area contributed by atoms with E-state index in [1.807, 2.05) is 6.92 Å². The first-order chi connectivity index (χ1) is 5.81. The minimum absolute atomic E-state index is 0.247.